The van der Waals surface area contributed by atoms with Crippen molar-refractivity contribution in [2.24, 2.45) is 0 Å². The average Bonchev–Trinajstić information content (AvgIpc) is 2.95. The highest BCUT2D eigenvalue weighted by Crippen LogP contribution is 2.24. The van der Waals surface area contributed by atoms with Crippen molar-refractivity contribution >= 4 is 29.7 Å². The molecule has 2 heterocycles. The van der Waals surface area contributed by atoms with Gasteiger partial charge < -0.3 is 0 Å². The molecule has 2 amide bonds. The molecule has 9 nitrogen and oxygen atoms in total. The predicted octanol–water partition coefficient (Wildman–Crippen LogP) is 2.68. The van der Waals surface area contributed by atoms with E-state index in [1.165, 1.54) is 34.6 Å². The Kier molecular flexibility index (Phi) is 4.99. The molecule has 0 unspecified atom stereocenters. The molecule has 0 spiro atoms. The first-order valence-electron chi connectivity index (χ1n) is 8.11. The fourth-order valence-corrected chi connectivity index (χ4v) is 2.50. The summed E-state index contributed by atoms with van der Waals surface area (Å²) in [6.07, 6.45) is 5.79. The summed E-state index contributed by atoms with van der Waals surface area (Å²) in [6, 6.07) is 6.53. The molecule has 3 rings (SSSR count). The zero-order valence-corrected chi connectivity index (χ0v) is 14.9. The molecule has 0 bridgehead atoms. The minimum absolute atomic E-state index is 0.0306. The summed E-state index contributed by atoms with van der Waals surface area (Å²) in [6.45, 7) is 14.7. The second-order valence-corrected chi connectivity index (χ2v) is 5.41. The molecule has 1 aromatic heterocycles. The molecule has 0 saturated carbocycles. The maximum absolute atomic E-state index is 12.6. The van der Waals surface area contributed by atoms with Crippen LogP contribution in [0.1, 0.15) is 20.7 Å². The number of hydrogen-bond acceptors (Lipinski definition) is 8. The Morgan fingerprint density at radius 3 is 1.61 bits per heavy atom. The zero-order chi connectivity index (χ0) is 20.3. The van der Waals surface area contributed by atoms with E-state index in [0.29, 0.717) is 11.1 Å². The number of hydrogen-bond donors (Lipinski definition) is 1. The van der Waals surface area contributed by atoms with Crippen LogP contribution in [-0.4, -0.2) is 31.8 Å². The lowest BCUT2D eigenvalue weighted by Crippen LogP contribution is -2.36. The van der Waals surface area contributed by atoms with Crippen LogP contribution in [0.2, 0.25) is 0 Å². The summed E-state index contributed by atoms with van der Waals surface area (Å²) in [5, 5.41) is 0.853. The molecule has 2 aromatic rings. The first kappa shape index (κ1) is 18.5. The summed E-state index contributed by atoms with van der Waals surface area (Å²) >= 11 is 0. The normalized spacial score (nSPS) is 12.2. The van der Waals surface area contributed by atoms with Gasteiger partial charge in [-0.15, -0.1) is 0 Å². The van der Waals surface area contributed by atoms with Crippen LogP contribution in [-0.2, 0) is 0 Å². The van der Waals surface area contributed by atoms with E-state index in [0.717, 1.165) is 5.01 Å². The number of amides is 2. The maximum Gasteiger partial charge on any atom is 0.280 e. The summed E-state index contributed by atoms with van der Waals surface area (Å²) in [4.78, 5) is 40.8. The highest BCUT2D eigenvalue weighted by atomic mass is 16.2. The minimum Gasteiger partial charge on any atom is -0.294 e. The Bertz CT molecular complexity index is 912. The molecule has 0 fully saturated rings. The lowest BCUT2D eigenvalue weighted by molar-refractivity contribution is 0.0690. The summed E-state index contributed by atoms with van der Waals surface area (Å²) < 4.78 is 0. The van der Waals surface area contributed by atoms with Crippen LogP contribution in [0.4, 0.5) is 17.8 Å². The molecule has 28 heavy (non-hydrogen) atoms. The molecular formula is C19H17N7O2. The molecule has 1 aromatic carbocycles. The van der Waals surface area contributed by atoms with Gasteiger partial charge in [0.25, 0.3) is 11.8 Å². The number of nitrogens with zero attached hydrogens (tertiary/aromatic N) is 6. The van der Waals surface area contributed by atoms with Crippen molar-refractivity contribution < 1.29 is 9.59 Å². The van der Waals surface area contributed by atoms with Crippen molar-refractivity contribution in [1.82, 2.24) is 20.0 Å². The van der Waals surface area contributed by atoms with Gasteiger partial charge in [-0.1, -0.05) is 38.4 Å². The van der Waals surface area contributed by atoms with Crippen molar-refractivity contribution in [3.8, 4) is 0 Å². The zero-order valence-electron chi connectivity index (χ0n) is 14.9. The molecule has 0 atom stereocenters. The molecule has 0 aliphatic carbocycles. The number of hydrazine groups is 1. The van der Waals surface area contributed by atoms with Gasteiger partial charge in [0.2, 0.25) is 17.8 Å². The number of anilines is 3. The van der Waals surface area contributed by atoms with Gasteiger partial charge in [-0.05, 0) is 12.1 Å². The Labute approximate surface area is 161 Å². The van der Waals surface area contributed by atoms with Crippen LogP contribution in [0.5, 0.6) is 0 Å². The van der Waals surface area contributed by atoms with Gasteiger partial charge in [-0.25, -0.2) is 0 Å². The molecule has 0 saturated heterocycles. The van der Waals surface area contributed by atoms with Gasteiger partial charge in [-0.2, -0.15) is 20.0 Å². The highest BCUT2D eigenvalue weighted by molar-refractivity contribution is 6.21. The monoisotopic (exact) mass is 375 g/mol. The van der Waals surface area contributed by atoms with Crippen molar-refractivity contribution in [1.29, 1.82) is 0 Å². The number of imide groups is 1. The van der Waals surface area contributed by atoms with E-state index < -0.39 is 11.8 Å². The Hall–Kier alpha value is -4.27. The number of aromatic nitrogens is 3. The van der Waals surface area contributed by atoms with E-state index in [4.69, 9.17) is 0 Å². The molecule has 0 radical (unpaired) electrons. The van der Waals surface area contributed by atoms with Crippen LogP contribution in [0.3, 0.4) is 0 Å². The lowest BCUT2D eigenvalue weighted by Gasteiger charge is -2.20. The van der Waals surface area contributed by atoms with Crippen LogP contribution in [0.15, 0.2) is 75.4 Å². The number of benzene rings is 1. The van der Waals surface area contributed by atoms with E-state index in [1.54, 1.807) is 24.3 Å². The van der Waals surface area contributed by atoms with Crippen LogP contribution in [0, 0.1) is 0 Å². The number of nitrogens with one attached hydrogen (secondary N) is 1. The van der Waals surface area contributed by atoms with E-state index in [9.17, 15) is 9.59 Å². The van der Waals surface area contributed by atoms with Crippen LogP contribution < -0.4 is 15.2 Å². The Balaban J connectivity index is 2.02. The van der Waals surface area contributed by atoms with E-state index in [-0.39, 0.29) is 17.8 Å². The van der Waals surface area contributed by atoms with Crippen molar-refractivity contribution in [2.75, 3.05) is 15.2 Å². The topological polar surface area (TPSA) is 94.6 Å². The molecule has 1 aliphatic heterocycles. The number of rotatable bonds is 8. The smallest absolute Gasteiger partial charge is 0.280 e. The average molecular weight is 375 g/mol. The fraction of sp³-hybridized carbons (Fsp3) is 0. The van der Waals surface area contributed by atoms with E-state index >= 15 is 0 Å². The molecule has 9 heteroatoms. The Morgan fingerprint density at radius 2 is 1.21 bits per heavy atom. The number of carbonyl (C=O) groups is 2. The largest absolute Gasteiger partial charge is 0.294 e. The summed E-state index contributed by atoms with van der Waals surface area (Å²) in [5.41, 5.74) is 3.25. The second kappa shape index (κ2) is 7.54. The van der Waals surface area contributed by atoms with Crippen LogP contribution >= 0.6 is 0 Å². The van der Waals surface area contributed by atoms with Crippen LogP contribution in [0.25, 0.3) is 0 Å². The molecule has 140 valence electrons. The number of carbonyl (C=O) groups excluding carboxylic acids is 2. The molecular weight excluding hydrogens is 358 g/mol. The first-order valence-corrected chi connectivity index (χ1v) is 8.11. The lowest BCUT2D eigenvalue weighted by atomic mass is 10.1. The second-order valence-electron chi connectivity index (χ2n) is 5.41. The van der Waals surface area contributed by atoms with Gasteiger partial charge in [0.05, 0.1) is 11.1 Å². The fourth-order valence-electron chi connectivity index (χ4n) is 2.50. The van der Waals surface area contributed by atoms with Crippen molar-refractivity contribution in [3.05, 3.63) is 86.5 Å². The van der Waals surface area contributed by atoms with Gasteiger partial charge >= 0.3 is 0 Å². The summed E-state index contributed by atoms with van der Waals surface area (Å²) in [5.74, 6) is -0.696. The van der Waals surface area contributed by atoms with Gasteiger partial charge in [0.15, 0.2) is 0 Å². The molecule has 1 N–H and O–H groups in total. The van der Waals surface area contributed by atoms with Gasteiger partial charge in [0.1, 0.15) is 0 Å². The van der Waals surface area contributed by atoms with Gasteiger partial charge in [-0.3, -0.25) is 24.8 Å². The third-order valence-corrected chi connectivity index (χ3v) is 3.87. The quantitative estimate of drug-likeness (QED) is 0.704. The van der Waals surface area contributed by atoms with Crippen molar-refractivity contribution in [2.45, 2.75) is 0 Å². The third kappa shape index (κ3) is 3.12. The van der Waals surface area contributed by atoms with E-state index in [2.05, 4.69) is 46.7 Å². The molecule has 1 aliphatic rings. The first-order chi connectivity index (χ1) is 13.5. The SMILES string of the molecule is C=CN(C=C)c1nc(NN2C(=O)c3ccccc3C2=O)nc(N(C=C)C=C)n1. The van der Waals surface area contributed by atoms with E-state index in [1.807, 2.05) is 0 Å². The predicted molar refractivity (Wildman–Crippen MR) is 106 cm³/mol. The Morgan fingerprint density at radius 1 is 0.786 bits per heavy atom. The highest BCUT2D eigenvalue weighted by Gasteiger charge is 2.36. The summed E-state index contributed by atoms with van der Waals surface area (Å²) in [7, 11) is 0. The van der Waals surface area contributed by atoms with Gasteiger partial charge in [0, 0.05) is 24.8 Å². The number of fused-ring (bicyclic) bond motifs is 1. The maximum atomic E-state index is 12.6. The standard InChI is InChI=1S/C19H17N7O2/c1-5-24(6-2)18-20-17(21-19(22-18)25(7-3)8-4)23-26-15(27)13-11-9-10-12-14(13)16(26)28/h5-12H,1-4H2,(H,20,21,22,23). The minimum atomic E-state index is -0.502. The van der Waals surface area contributed by atoms with Crippen molar-refractivity contribution in [3.63, 3.8) is 0 Å². The third-order valence-electron chi connectivity index (χ3n) is 3.87.